The van der Waals surface area contributed by atoms with Crippen molar-refractivity contribution in [3.05, 3.63) is 40.4 Å². The second-order valence-electron chi connectivity index (χ2n) is 5.17. The van der Waals surface area contributed by atoms with E-state index in [0.717, 1.165) is 0 Å². The summed E-state index contributed by atoms with van der Waals surface area (Å²) in [7, 11) is 0. The van der Waals surface area contributed by atoms with Gasteiger partial charge in [0, 0.05) is 13.0 Å². The molecule has 0 aliphatic rings. The molecule has 2 rings (SSSR count). The molecule has 120 valence electrons. The third-order valence-electron chi connectivity index (χ3n) is 3.27. The third-order valence-corrected chi connectivity index (χ3v) is 3.27. The van der Waals surface area contributed by atoms with Gasteiger partial charge in [0.05, 0.1) is 17.4 Å². The predicted molar refractivity (Wildman–Crippen MR) is 78.9 cm³/mol. The first-order valence-electron chi connectivity index (χ1n) is 7.16. The summed E-state index contributed by atoms with van der Waals surface area (Å²) in [4.78, 5) is 20.2. The van der Waals surface area contributed by atoms with E-state index in [4.69, 9.17) is 0 Å². The molecule has 0 saturated carbocycles. The number of aromatic amines is 1. The van der Waals surface area contributed by atoms with Gasteiger partial charge in [0.15, 0.2) is 0 Å². The fraction of sp³-hybridized carbons (Fsp3) is 0.467. The number of alkyl halides is 3. The molecular weight excluding hydrogens is 295 g/mol. The average Bonchev–Trinajstić information content (AvgIpc) is 2.44. The normalized spacial score (nSPS) is 12.2. The number of benzene rings is 1. The van der Waals surface area contributed by atoms with Crippen molar-refractivity contribution in [1.29, 1.82) is 0 Å². The summed E-state index contributed by atoms with van der Waals surface area (Å²) in [6, 6.07) is 6.89. The first-order valence-corrected chi connectivity index (χ1v) is 7.16. The summed E-state index contributed by atoms with van der Waals surface area (Å²) in [5, 5.41) is 0.479. The number of aromatic nitrogens is 2. The van der Waals surface area contributed by atoms with Crippen molar-refractivity contribution in [2.24, 2.45) is 0 Å². The van der Waals surface area contributed by atoms with Crippen LogP contribution < -0.4 is 5.56 Å². The van der Waals surface area contributed by atoms with Crippen LogP contribution in [0.2, 0.25) is 0 Å². The van der Waals surface area contributed by atoms with Crippen molar-refractivity contribution in [2.45, 2.75) is 25.9 Å². The second kappa shape index (κ2) is 6.91. The van der Waals surface area contributed by atoms with Gasteiger partial charge in [-0.2, -0.15) is 13.2 Å². The molecule has 0 saturated heterocycles. The van der Waals surface area contributed by atoms with Crippen LogP contribution in [-0.4, -0.2) is 40.7 Å². The Morgan fingerprint density at radius 1 is 1.23 bits per heavy atom. The van der Waals surface area contributed by atoms with Gasteiger partial charge < -0.3 is 4.98 Å². The number of fused-ring (bicyclic) bond motifs is 1. The van der Waals surface area contributed by atoms with Gasteiger partial charge in [-0.3, -0.25) is 9.69 Å². The minimum absolute atomic E-state index is 0.203. The number of rotatable bonds is 6. The fourth-order valence-corrected chi connectivity index (χ4v) is 2.36. The van der Waals surface area contributed by atoms with Gasteiger partial charge in [0.2, 0.25) is 0 Å². The van der Waals surface area contributed by atoms with Crippen molar-refractivity contribution in [3.8, 4) is 0 Å². The summed E-state index contributed by atoms with van der Waals surface area (Å²) in [6.07, 6.45) is -3.31. The molecule has 1 N–H and O–H groups in total. The number of para-hydroxylation sites is 1. The molecule has 0 atom stereocenters. The van der Waals surface area contributed by atoms with Crippen LogP contribution >= 0.6 is 0 Å². The van der Waals surface area contributed by atoms with Crippen molar-refractivity contribution in [2.75, 3.05) is 19.6 Å². The lowest BCUT2D eigenvalue weighted by Gasteiger charge is -2.22. The minimum Gasteiger partial charge on any atom is -0.310 e. The van der Waals surface area contributed by atoms with Crippen molar-refractivity contribution in [1.82, 2.24) is 14.9 Å². The maximum absolute atomic E-state index is 12.5. The highest BCUT2D eigenvalue weighted by Crippen LogP contribution is 2.17. The van der Waals surface area contributed by atoms with Gasteiger partial charge in [0.25, 0.3) is 5.56 Å². The summed E-state index contributed by atoms with van der Waals surface area (Å²) in [5.41, 5.74) is 0.289. The fourth-order valence-electron chi connectivity index (χ4n) is 2.36. The van der Waals surface area contributed by atoms with Crippen LogP contribution in [0.15, 0.2) is 29.1 Å². The van der Waals surface area contributed by atoms with Crippen LogP contribution in [0.1, 0.15) is 19.2 Å². The highest BCUT2D eigenvalue weighted by Gasteiger charge is 2.30. The Hall–Kier alpha value is -1.89. The van der Waals surface area contributed by atoms with Crippen LogP contribution in [-0.2, 0) is 6.42 Å². The Balaban J connectivity index is 2.11. The molecule has 1 aromatic heterocycles. The Morgan fingerprint density at radius 3 is 2.64 bits per heavy atom. The van der Waals surface area contributed by atoms with Crippen molar-refractivity contribution in [3.63, 3.8) is 0 Å². The molecule has 7 heteroatoms. The minimum atomic E-state index is -4.22. The molecule has 4 nitrogen and oxygen atoms in total. The van der Waals surface area contributed by atoms with Crippen LogP contribution in [0.5, 0.6) is 0 Å². The van der Waals surface area contributed by atoms with E-state index in [2.05, 4.69) is 9.97 Å². The van der Waals surface area contributed by atoms with E-state index in [1.165, 1.54) is 4.90 Å². The van der Waals surface area contributed by atoms with Crippen LogP contribution in [0.25, 0.3) is 10.9 Å². The maximum Gasteiger partial charge on any atom is 0.401 e. The molecule has 0 fully saturated rings. The summed E-state index contributed by atoms with van der Waals surface area (Å²) >= 11 is 0. The van der Waals surface area contributed by atoms with Crippen molar-refractivity contribution < 1.29 is 13.2 Å². The molecule has 0 bridgehead atoms. The maximum atomic E-state index is 12.5. The predicted octanol–water partition coefficient (Wildman–Crippen LogP) is 2.74. The molecule has 22 heavy (non-hydrogen) atoms. The Bertz CT molecular complexity index is 682. The molecule has 0 amide bonds. The Morgan fingerprint density at radius 2 is 1.95 bits per heavy atom. The quantitative estimate of drug-likeness (QED) is 0.892. The summed E-state index contributed by atoms with van der Waals surface area (Å²) in [5.74, 6) is 0.409. The van der Waals surface area contributed by atoms with Crippen LogP contribution in [0, 0.1) is 0 Å². The topological polar surface area (TPSA) is 49.0 Å². The molecule has 0 aliphatic heterocycles. The molecular formula is C15H18F3N3O. The average molecular weight is 313 g/mol. The van der Waals surface area contributed by atoms with Gasteiger partial charge in [-0.1, -0.05) is 19.1 Å². The Labute approximate surface area is 126 Å². The Kier molecular flexibility index (Phi) is 5.18. The number of H-pyrrole nitrogens is 1. The number of hydrogen-bond acceptors (Lipinski definition) is 3. The lowest BCUT2D eigenvalue weighted by atomic mass is 10.2. The monoisotopic (exact) mass is 313 g/mol. The van der Waals surface area contributed by atoms with Gasteiger partial charge in [-0.25, -0.2) is 4.98 Å². The molecule has 0 spiro atoms. The molecule has 1 heterocycles. The lowest BCUT2D eigenvalue weighted by Crippen LogP contribution is -2.36. The van der Waals surface area contributed by atoms with Crippen LogP contribution in [0.4, 0.5) is 13.2 Å². The number of nitrogens with zero attached hydrogens (tertiary/aromatic N) is 2. The van der Waals surface area contributed by atoms with E-state index in [1.54, 1.807) is 24.3 Å². The van der Waals surface area contributed by atoms with E-state index in [1.807, 2.05) is 6.92 Å². The smallest absolute Gasteiger partial charge is 0.310 e. The second-order valence-corrected chi connectivity index (χ2v) is 5.17. The van der Waals surface area contributed by atoms with Gasteiger partial charge in [0.1, 0.15) is 5.82 Å². The number of nitrogens with one attached hydrogen (secondary N) is 1. The molecule has 2 aromatic rings. The van der Waals surface area contributed by atoms with E-state index in [0.29, 0.717) is 29.7 Å². The van der Waals surface area contributed by atoms with E-state index >= 15 is 0 Å². The largest absolute Gasteiger partial charge is 0.401 e. The van der Waals surface area contributed by atoms with Crippen molar-refractivity contribution >= 4 is 10.9 Å². The van der Waals surface area contributed by atoms with E-state index in [9.17, 15) is 18.0 Å². The highest BCUT2D eigenvalue weighted by atomic mass is 19.4. The first kappa shape index (κ1) is 16.5. The van der Waals surface area contributed by atoms with Gasteiger partial charge in [-0.15, -0.1) is 0 Å². The third kappa shape index (κ3) is 4.56. The van der Waals surface area contributed by atoms with Gasteiger partial charge in [-0.05, 0) is 25.1 Å². The lowest BCUT2D eigenvalue weighted by molar-refractivity contribution is -0.145. The zero-order valence-corrected chi connectivity index (χ0v) is 12.3. The van der Waals surface area contributed by atoms with Gasteiger partial charge >= 0.3 is 6.18 Å². The van der Waals surface area contributed by atoms with Crippen LogP contribution in [0.3, 0.4) is 0 Å². The number of halogens is 3. The standard InChI is InChI=1S/C15H18F3N3O/c1-2-8-21(10-15(16,17)18)9-7-13-19-12-6-4-3-5-11(12)14(22)20-13/h3-6H,2,7-10H2,1H3,(H,19,20,22). The molecule has 1 aromatic carbocycles. The first-order chi connectivity index (χ1) is 10.4. The molecule has 0 unspecified atom stereocenters. The zero-order valence-electron chi connectivity index (χ0n) is 12.3. The highest BCUT2D eigenvalue weighted by molar-refractivity contribution is 5.77. The summed E-state index contributed by atoms with van der Waals surface area (Å²) in [6.45, 7) is 1.45. The van der Waals surface area contributed by atoms with E-state index < -0.39 is 12.7 Å². The molecule has 0 aliphatic carbocycles. The SMILES string of the molecule is CCCN(CCc1nc2ccccc2c(=O)[nH]1)CC(F)(F)F. The van der Waals surface area contributed by atoms with E-state index in [-0.39, 0.29) is 18.5 Å². The molecule has 0 radical (unpaired) electrons. The number of hydrogen-bond donors (Lipinski definition) is 1. The summed E-state index contributed by atoms with van der Waals surface area (Å²) < 4.78 is 37.5. The zero-order chi connectivity index (χ0) is 16.2.